The van der Waals surface area contributed by atoms with Crippen LogP contribution >= 0.6 is 0 Å². The number of carboxylic acids is 1. The van der Waals surface area contributed by atoms with E-state index in [0.717, 1.165) is 25.7 Å². The fourth-order valence-corrected chi connectivity index (χ4v) is 2.08. The molecule has 3 heteroatoms. The number of carbonyl (C=O) groups is 1. The Morgan fingerprint density at radius 1 is 1.27 bits per heavy atom. The number of hydrogen-bond acceptors (Lipinski definition) is 2. The van der Waals surface area contributed by atoms with Gasteiger partial charge in [0.1, 0.15) is 0 Å². The van der Waals surface area contributed by atoms with Gasteiger partial charge in [-0.05, 0) is 25.7 Å². The van der Waals surface area contributed by atoms with Gasteiger partial charge in [0.15, 0.2) is 0 Å². The molecule has 0 aromatic rings. The lowest BCUT2D eigenvalue weighted by atomic mass is 9.96. The Labute approximate surface area is 65.4 Å². The maximum atomic E-state index is 10.7. The van der Waals surface area contributed by atoms with Crippen LogP contribution in [0.15, 0.2) is 0 Å². The highest BCUT2D eigenvalue weighted by Crippen LogP contribution is 2.36. The highest BCUT2D eigenvalue weighted by Gasteiger charge is 2.40. The van der Waals surface area contributed by atoms with Crippen LogP contribution in [0.2, 0.25) is 0 Å². The third-order valence-corrected chi connectivity index (χ3v) is 2.71. The summed E-state index contributed by atoms with van der Waals surface area (Å²) in [6.07, 6.45) is 4.15. The van der Waals surface area contributed by atoms with E-state index in [1.807, 2.05) is 0 Å². The summed E-state index contributed by atoms with van der Waals surface area (Å²) >= 11 is 0. The Balaban J connectivity index is 2.07. The summed E-state index contributed by atoms with van der Waals surface area (Å²) in [5, 5.41) is 8.78. The summed E-state index contributed by atoms with van der Waals surface area (Å²) in [4.78, 5) is 10.7. The molecule has 0 unspecified atom stereocenters. The predicted molar refractivity (Wildman–Crippen MR) is 38.3 cm³/mol. The normalized spacial score (nSPS) is 42.4. The van der Waals surface area contributed by atoms with Gasteiger partial charge in [-0.2, -0.15) is 0 Å². The van der Waals surface area contributed by atoms with Crippen LogP contribution in [0.5, 0.6) is 0 Å². The largest absolute Gasteiger partial charge is 0.481 e. The number of carboxylic acid groups (broad SMARTS) is 1. The summed E-state index contributed by atoms with van der Waals surface area (Å²) in [5.74, 6) is -0.913. The first kappa shape index (κ1) is 7.10. The van der Waals surface area contributed by atoms with Crippen LogP contribution in [0.3, 0.4) is 0 Å². The molecule has 2 fully saturated rings. The molecule has 3 atom stereocenters. The lowest BCUT2D eigenvalue weighted by Gasteiger charge is -2.25. The average molecular weight is 156 g/mol. The van der Waals surface area contributed by atoms with Crippen molar-refractivity contribution >= 4 is 5.97 Å². The zero-order valence-electron chi connectivity index (χ0n) is 6.32. The molecule has 2 aliphatic heterocycles. The number of ether oxygens (including phenoxy) is 1. The SMILES string of the molecule is O=C(O)[C@@H]1CC[C@H]2CC[C@@H]1O2. The van der Waals surface area contributed by atoms with Crippen molar-refractivity contribution < 1.29 is 14.6 Å². The maximum Gasteiger partial charge on any atom is 0.309 e. The van der Waals surface area contributed by atoms with E-state index in [1.165, 1.54) is 0 Å². The minimum Gasteiger partial charge on any atom is -0.481 e. The molecule has 11 heavy (non-hydrogen) atoms. The molecule has 0 saturated carbocycles. The number of fused-ring (bicyclic) bond motifs is 2. The average Bonchev–Trinajstić information content (AvgIpc) is 2.32. The Hall–Kier alpha value is -0.570. The monoisotopic (exact) mass is 156 g/mol. The zero-order chi connectivity index (χ0) is 7.84. The van der Waals surface area contributed by atoms with Crippen LogP contribution in [-0.4, -0.2) is 23.3 Å². The molecule has 2 aliphatic rings. The summed E-state index contributed by atoms with van der Waals surface area (Å²) in [5.41, 5.74) is 0. The van der Waals surface area contributed by atoms with Gasteiger partial charge in [0.05, 0.1) is 18.1 Å². The van der Waals surface area contributed by atoms with Crippen LogP contribution < -0.4 is 0 Å². The highest BCUT2D eigenvalue weighted by molar-refractivity contribution is 5.70. The topological polar surface area (TPSA) is 46.5 Å². The molecule has 0 amide bonds. The van der Waals surface area contributed by atoms with Crippen molar-refractivity contribution in [2.45, 2.75) is 37.9 Å². The zero-order valence-corrected chi connectivity index (χ0v) is 6.32. The van der Waals surface area contributed by atoms with Gasteiger partial charge in [-0.15, -0.1) is 0 Å². The van der Waals surface area contributed by atoms with Crippen molar-refractivity contribution in [1.82, 2.24) is 0 Å². The fraction of sp³-hybridized carbons (Fsp3) is 0.875. The van der Waals surface area contributed by atoms with Crippen LogP contribution in [0.4, 0.5) is 0 Å². The minimum atomic E-state index is -0.685. The van der Waals surface area contributed by atoms with E-state index in [4.69, 9.17) is 9.84 Å². The van der Waals surface area contributed by atoms with E-state index in [1.54, 1.807) is 0 Å². The standard InChI is InChI=1S/C8H12O3/c9-8(10)6-3-1-5-2-4-7(6)11-5/h5-7H,1-4H2,(H,9,10)/t5-,6+,7-/m0/s1. The first-order valence-corrected chi connectivity index (χ1v) is 4.15. The predicted octanol–water partition coefficient (Wildman–Crippen LogP) is 1.03. The molecule has 0 radical (unpaired) electrons. The second-order valence-electron chi connectivity index (χ2n) is 3.40. The van der Waals surface area contributed by atoms with Gasteiger partial charge in [0.25, 0.3) is 0 Å². The molecule has 1 N–H and O–H groups in total. The van der Waals surface area contributed by atoms with Gasteiger partial charge in [-0.3, -0.25) is 4.79 Å². The van der Waals surface area contributed by atoms with E-state index < -0.39 is 5.97 Å². The molecule has 0 spiro atoms. The van der Waals surface area contributed by atoms with Gasteiger partial charge in [0, 0.05) is 0 Å². The Morgan fingerprint density at radius 3 is 2.73 bits per heavy atom. The smallest absolute Gasteiger partial charge is 0.309 e. The number of hydrogen-bond donors (Lipinski definition) is 1. The molecule has 2 rings (SSSR count). The molecular formula is C8H12O3. The minimum absolute atomic E-state index is 0.0197. The van der Waals surface area contributed by atoms with Gasteiger partial charge >= 0.3 is 5.97 Å². The van der Waals surface area contributed by atoms with Crippen LogP contribution in [-0.2, 0) is 9.53 Å². The first-order chi connectivity index (χ1) is 5.27. The third-order valence-electron chi connectivity index (χ3n) is 2.71. The van der Waals surface area contributed by atoms with Crippen LogP contribution in [0.25, 0.3) is 0 Å². The molecule has 2 heterocycles. The van der Waals surface area contributed by atoms with Gasteiger partial charge < -0.3 is 9.84 Å². The van der Waals surface area contributed by atoms with Crippen molar-refractivity contribution in [1.29, 1.82) is 0 Å². The second kappa shape index (κ2) is 2.48. The van der Waals surface area contributed by atoms with E-state index in [-0.39, 0.29) is 12.0 Å². The molecule has 0 aromatic heterocycles. The van der Waals surface area contributed by atoms with Crippen LogP contribution in [0, 0.1) is 5.92 Å². The first-order valence-electron chi connectivity index (χ1n) is 4.15. The van der Waals surface area contributed by atoms with E-state index in [0.29, 0.717) is 6.10 Å². The van der Waals surface area contributed by atoms with Crippen molar-refractivity contribution in [3.05, 3.63) is 0 Å². The summed E-state index contributed by atoms with van der Waals surface area (Å²) in [7, 11) is 0. The molecule has 3 nitrogen and oxygen atoms in total. The van der Waals surface area contributed by atoms with Crippen molar-refractivity contribution in [3.63, 3.8) is 0 Å². The lowest BCUT2D eigenvalue weighted by Crippen LogP contribution is -2.32. The fourth-order valence-electron chi connectivity index (χ4n) is 2.08. The molecule has 2 saturated heterocycles. The van der Waals surface area contributed by atoms with Crippen molar-refractivity contribution in [3.8, 4) is 0 Å². The molecule has 62 valence electrons. The second-order valence-corrected chi connectivity index (χ2v) is 3.40. The number of aliphatic carboxylic acids is 1. The molecule has 2 bridgehead atoms. The Kier molecular flexibility index (Phi) is 1.60. The summed E-state index contributed by atoms with van der Waals surface area (Å²) in [6, 6.07) is 0. The van der Waals surface area contributed by atoms with Gasteiger partial charge in [-0.1, -0.05) is 0 Å². The van der Waals surface area contributed by atoms with E-state index >= 15 is 0 Å². The molecule has 0 aromatic carbocycles. The van der Waals surface area contributed by atoms with E-state index in [9.17, 15) is 4.79 Å². The number of rotatable bonds is 1. The quantitative estimate of drug-likeness (QED) is 0.616. The Bertz CT molecular complexity index is 178. The van der Waals surface area contributed by atoms with E-state index in [2.05, 4.69) is 0 Å². The van der Waals surface area contributed by atoms with Gasteiger partial charge in [0.2, 0.25) is 0 Å². The lowest BCUT2D eigenvalue weighted by molar-refractivity contribution is -0.151. The summed E-state index contributed by atoms with van der Waals surface area (Å²) in [6.45, 7) is 0. The van der Waals surface area contributed by atoms with Crippen molar-refractivity contribution in [2.24, 2.45) is 5.92 Å². The maximum absolute atomic E-state index is 10.7. The molecular weight excluding hydrogens is 144 g/mol. The van der Waals surface area contributed by atoms with Gasteiger partial charge in [-0.25, -0.2) is 0 Å². The third kappa shape index (κ3) is 1.13. The molecule has 0 aliphatic carbocycles. The summed E-state index contributed by atoms with van der Waals surface area (Å²) < 4.78 is 5.49. The Morgan fingerprint density at radius 2 is 2.00 bits per heavy atom. The van der Waals surface area contributed by atoms with Crippen LogP contribution in [0.1, 0.15) is 25.7 Å². The van der Waals surface area contributed by atoms with Crippen molar-refractivity contribution in [2.75, 3.05) is 0 Å². The highest BCUT2D eigenvalue weighted by atomic mass is 16.5.